The van der Waals surface area contributed by atoms with Crippen molar-refractivity contribution in [2.24, 2.45) is 16.7 Å². The SMILES string of the molecule is CC(=O)O[C@H]1C(=O)[C@]2(C)[C@@H](OC(=O)COc3ccccc3)C[C@H]3OC[C@@]3(OC(C)=O)[C@H]2[C@H](OC(=O)c2ccccc2)[C@]2(O)C[C@H](OC(=O)[C@H](OC(=O)COc3ccccc3)[C@@H](NC(=O)[C@@H](CCC(=O)O)NC(=O)c3ccccn3)c3ccccc3)C(C)=C1C2(C)C. The summed E-state index contributed by atoms with van der Waals surface area (Å²) in [6.07, 6.45) is -11.9. The third kappa shape index (κ3) is 13.8. The first-order chi connectivity index (χ1) is 43.4. The molecule has 4 N–H and O–H groups in total. The molecule has 3 fully saturated rings. The van der Waals surface area contributed by atoms with Crippen LogP contribution in [0.5, 0.6) is 11.5 Å². The van der Waals surface area contributed by atoms with Crippen LogP contribution in [0.15, 0.2) is 157 Å². The van der Waals surface area contributed by atoms with E-state index in [9.17, 15) is 48.6 Å². The van der Waals surface area contributed by atoms with E-state index < -0.39 is 175 Å². The molecule has 1 aliphatic heterocycles. The largest absolute Gasteiger partial charge is 0.482 e. The van der Waals surface area contributed by atoms with Gasteiger partial charge >= 0.3 is 41.8 Å². The Labute approximate surface area is 522 Å². The number of nitrogens with zero attached hydrogens (tertiary/aromatic N) is 1. The van der Waals surface area contributed by atoms with E-state index in [2.05, 4.69) is 15.6 Å². The summed E-state index contributed by atoms with van der Waals surface area (Å²) in [5.41, 5.74) is -9.09. The van der Waals surface area contributed by atoms with Crippen LogP contribution in [0.2, 0.25) is 0 Å². The zero-order valence-corrected chi connectivity index (χ0v) is 50.6. The monoisotopic (exact) mass is 1250 g/mol. The molecule has 0 unspecified atom stereocenters. The van der Waals surface area contributed by atoms with Gasteiger partial charge in [0, 0.05) is 44.7 Å². The number of para-hydroxylation sites is 2. The van der Waals surface area contributed by atoms with Crippen molar-refractivity contribution in [1.82, 2.24) is 15.6 Å². The lowest BCUT2D eigenvalue weighted by molar-refractivity contribution is -0.346. The Hall–Kier alpha value is -9.81. The lowest BCUT2D eigenvalue weighted by Gasteiger charge is -2.67. The lowest BCUT2D eigenvalue weighted by Crippen LogP contribution is -2.82. The molecule has 478 valence electrons. The van der Waals surface area contributed by atoms with Gasteiger partial charge in [-0.1, -0.05) is 105 Å². The number of hydrogen-bond donors (Lipinski definition) is 4. The fourth-order valence-corrected chi connectivity index (χ4v) is 12.8. The molecule has 2 amide bonds. The van der Waals surface area contributed by atoms with Crippen LogP contribution in [0.4, 0.5) is 0 Å². The summed E-state index contributed by atoms with van der Waals surface area (Å²) in [5, 5.41) is 29.4. The molecule has 2 saturated carbocycles. The highest BCUT2D eigenvalue weighted by Crippen LogP contribution is 2.65. The first-order valence-electron chi connectivity index (χ1n) is 29.3. The molecule has 2 heterocycles. The van der Waals surface area contributed by atoms with Crippen LogP contribution in [0, 0.1) is 16.7 Å². The summed E-state index contributed by atoms with van der Waals surface area (Å²) in [6, 6.07) is 32.6. The molecule has 0 spiro atoms. The fraction of sp³-hybridized carbons (Fsp3) is 0.388. The minimum atomic E-state index is -2.66. The first kappa shape index (κ1) is 65.6. The number of aliphatic carboxylic acids is 1. The maximum Gasteiger partial charge on any atom is 0.350 e. The fourth-order valence-electron chi connectivity index (χ4n) is 12.8. The van der Waals surface area contributed by atoms with Gasteiger partial charge in [-0.15, -0.1) is 0 Å². The molecule has 5 aromatic rings. The summed E-state index contributed by atoms with van der Waals surface area (Å²) in [5.74, 6) is -12.1. The van der Waals surface area contributed by atoms with Crippen molar-refractivity contribution >= 4 is 59.4 Å². The molecular weight excluding hydrogens is 1180 g/mol. The van der Waals surface area contributed by atoms with Gasteiger partial charge in [0.05, 0.1) is 23.5 Å². The number of pyridine rings is 1. The topological polar surface area (TPSA) is 331 Å². The molecule has 1 aromatic heterocycles. The predicted octanol–water partition coefficient (Wildman–Crippen LogP) is 5.74. The van der Waals surface area contributed by atoms with Gasteiger partial charge in [0.15, 0.2) is 30.7 Å². The highest BCUT2D eigenvalue weighted by Gasteiger charge is 2.79. The number of amides is 2. The number of carboxylic acids is 1. The van der Waals surface area contributed by atoms with Crippen LogP contribution in [-0.2, 0) is 71.5 Å². The summed E-state index contributed by atoms with van der Waals surface area (Å²) in [4.78, 5) is 147. The Balaban J connectivity index is 1.19. The number of Topliss-reactive ketones (excluding diaryl/α,β-unsaturated/α-hetero) is 1. The van der Waals surface area contributed by atoms with E-state index in [1.54, 1.807) is 91.0 Å². The van der Waals surface area contributed by atoms with Gasteiger partial charge in [0.2, 0.25) is 12.0 Å². The molecule has 12 atom stereocenters. The Morgan fingerprint density at radius 3 is 1.87 bits per heavy atom. The lowest BCUT2D eigenvalue weighted by atomic mass is 9.44. The molecule has 24 nitrogen and oxygen atoms in total. The van der Waals surface area contributed by atoms with E-state index in [0.29, 0.717) is 5.75 Å². The van der Waals surface area contributed by atoms with Crippen molar-refractivity contribution in [2.75, 3.05) is 19.8 Å². The average molecular weight is 1250 g/mol. The van der Waals surface area contributed by atoms with Crippen molar-refractivity contribution in [3.05, 3.63) is 174 Å². The van der Waals surface area contributed by atoms with Gasteiger partial charge in [0.1, 0.15) is 59.3 Å². The van der Waals surface area contributed by atoms with Gasteiger partial charge in [-0.25, -0.2) is 19.2 Å². The molecule has 2 bridgehead atoms. The zero-order valence-electron chi connectivity index (χ0n) is 50.6. The Kier molecular flexibility index (Phi) is 19.8. The Bertz CT molecular complexity index is 3570. The van der Waals surface area contributed by atoms with Crippen molar-refractivity contribution in [1.29, 1.82) is 0 Å². The third-order valence-electron chi connectivity index (χ3n) is 17.3. The number of ether oxygens (including phenoxy) is 9. The second kappa shape index (κ2) is 27.5. The highest BCUT2D eigenvalue weighted by atomic mass is 16.6. The van der Waals surface area contributed by atoms with E-state index in [0.717, 1.165) is 13.8 Å². The number of aliphatic hydroxyl groups is 1. The number of hydrogen-bond acceptors (Lipinski definition) is 21. The number of carbonyl (C=O) groups is 10. The number of carboxylic acid groups (broad SMARTS) is 1. The van der Waals surface area contributed by atoms with Crippen molar-refractivity contribution in [2.45, 2.75) is 127 Å². The number of benzene rings is 4. The van der Waals surface area contributed by atoms with Crippen molar-refractivity contribution in [3.8, 4) is 11.5 Å². The van der Waals surface area contributed by atoms with Crippen LogP contribution in [-0.4, -0.2) is 148 Å². The Morgan fingerprint density at radius 2 is 1.31 bits per heavy atom. The molecule has 9 rings (SSSR count). The zero-order chi connectivity index (χ0) is 65.4. The minimum Gasteiger partial charge on any atom is -0.482 e. The van der Waals surface area contributed by atoms with Gasteiger partial charge in [-0.2, -0.15) is 0 Å². The normalized spacial score (nSPS) is 25.4. The molecule has 4 aliphatic rings. The predicted molar refractivity (Wildman–Crippen MR) is 316 cm³/mol. The molecule has 1 saturated heterocycles. The quantitative estimate of drug-likeness (QED) is 0.0344. The molecule has 0 radical (unpaired) electrons. The average Bonchev–Trinajstić information content (AvgIpc) is 0.670. The van der Waals surface area contributed by atoms with Gasteiger partial charge in [-0.05, 0) is 85.5 Å². The van der Waals surface area contributed by atoms with Gasteiger partial charge in [0.25, 0.3) is 5.91 Å². The maximum absolute atomic E-state index is 16.5. The summed E-state index contributed by atoms with van der Waals surface area (Å²) in [7, 11) is 0. The number of fused-ring (bicyclic) bond motifs is 5. The first-order valence-corrected chi connectivity index (χ1v) is 29.3. The number of aromatic nitrogens is 1. The summed E-state index contributed by atoms with van der Waals surface area (Å²) in [6.45, 7) is 5.93. The van der Waals surface area contributed by atoms with Crippen LogP contribution in [0.3, 0.4) is 0 Å². The van der Waals surface area contributed by atoms with Crippen molar-refractivity contribution < 1.29 is 101 Å². The van der Waals surface area contributed by atoms with E-state index >= 15 is 9.59 Å². The summed E-state index contributed by atoms with van der Waals surface area (Å²) >= 11 is 0. The maximum atomic E-state index is 16.5. The second-order valence-corrected chi connectivity index (χ2v) is 23.3. The smallest absolute Gasteiger partial charge is 0.350 e. The second-order valence-electron chi connectivity index (χ2n) is 23.3. The highest BCUT2D eigenvalue weighted by molar-refractivity contribution is 5.97. The van der Waals surface area contributed by atoms with Crippen LogP contribution in [0.1, 0.15) is 99.7 Å². The molecule has 4 aromatic carbocycles. The van der Waals surface area contributed by atoms with Gasteiger partial charge in [-0.3, -0.25) is 33.8 Å². The number of esters is 6. The Morgan fingerprint density at radius 1 is 0.714 bits per heavy atom. The number of nitrogens with one attached hydrogen (secondary N) is 2. The van der Waals surface area contributed by atoms with Crippen LogP contribution in [0.25, 0.3) is 0 Å². The minimum absolute atomic E-state index is 0.0123. The van der Waals surface area contributed by atoms with Gasteiger partial charge < -0.3 is 63.5 Å². The molecular formula is C67H69N3O21. The van der Waals surface area contributed by atoms with Crippen molar-refractivity contribution in [3.63, 3.8) is 0 Å². The van der Waals surface area contributed by atoms with Crippen LogP contribution < -0.4 is 20.1 Å². The molecule has 91 heavy (non-hydrogen) atoms. The van der Waals surface area contributed by atoms with E-state index in [-0.39, 0.29) is 40.1 Å². The van der Waals surface area contributed by atoms with Crippen LogP contribution >= 0.6 is 0 Å². The third-order valence-corrected chi connectivity index (χ3v) is 17.3. The van der Waals surface area contributed by atoms with E-state index in [4.69, 9.17) is 42.6 Å². The number of ketones is 1. The standard InChI is InChI=1S/C67H69N3O21/c1-38-47(87-63(81)56(89-52(76)36-84-44-27-17-10-18-28-44)54(41-21-11-7-12-22-41)70-61(79)46(30-31-50(73)74)69-60(78)45-29-19-20-32-68-45)34-67(82)59(90-62(80)42-23-13-8-14-24-42)57-65(6,58(77)55(86-39(2)71)53(38)64(67,4)5)48(33-49-66(57,37-85-49)91-40(3)72)88-51(75)35-83-43-25-15-9-16-26-43/h7-29,32,46-49,54-57,59,82H,30-31,33-37H2,1-6H3,(H,69,78)(H,70,79)(H,73,74)/t46-,47+,48+,49-,54+,55-,56-,57+,59+,65-,66+,67-/m1/s1. The molecule has 24 heteroatoms. The summed E-state index contributed by atoms with van der Waals surface area (Å²) < 4.78 is 55.3. The van der Waals surface area contributed by atoms with E-state index in [1.807, 2.05) is 0 Å². The van der Waals surface area contributed by atoms with E-state index in [1.165, 1.54) is 82.4 Å². The number of carbonyl (C=O) groups excluding carboxylic acids is 9. The number of rotatable bonds is 23. The molecule has 3 aliphatic carbocycles.